The molecule has 0 bridgehead atoms. The molecule has 0 aromatic carbocycles. The van der Waals surface area contributed by atoms with Crippen molar-refractivity contribution in [1.29, 1.82) is 0 Å². The minimum atomic E-state index is -0.991. The minimum Gasteiger partial charge on any atom is -0.478 e. The lowest BCUT2D eigenvalue weighted by Gasteiger charge is -2.27. The van der Waals surface area contributed by atoms with Gasteiger partial charge in [0.15, 0.2) is 0 Å². The lowest BCUT2D eigenvalue weighted by Crippen LogP contribution is -2.39. The van der Waals surface area contributed by atoms with Gasteiger partial charge >= 0.3 is 5.97 Å². The number of nitrogens with zero attached hydrogens (tertiary/aromatic N) is 1. The maximum Gasteiger partial charge on any atom is 0.335 e. The van der Waals surface area contributed by atoms with Crippen LogP contribution in [0.3, 0.4) is 0 Å². The van der Waals surface area contributed by atoms with Crippen molar-refractivity contribution in [2.45, 2.75) is 39.3 Å². The fourth-order valence-electron chi connectivity index (χ4n) is 1.26. The number of aryl methyl sites for hydroxylation is 1. The number of aromatic nitrogens is 1. The topological polar surface area (TPSA) is 82.5 Å². The molecule has 5 heteroatoms. The molecule has 94 valence electrons. The Morgan fingerprint density at radius 3 is 2.53 bits per heavy atom. The summed E-state index contributed by atoms with van der Waals surface area (Å²) in [5.41, 5.74) is -0.104. The number of anilines is 1. The average Bonchev–Trinajstić information content (AvgIpc) is 2.14. The summed E-state index contributed by atoms with van der Waals surface area (Å²) in [5.74, 6) is -0.536. The Morgan fingerprint density at radius 2 is 2.06 bits per heavy atom. The van der Waals surface area contributed by atoms with E-state index in [1.807, 2.05) is 6.92 Å². The van der Waals surface area contributed by atoms with E-state index in [0.29, 0.717) is 11.5 Å². The van der Waals surface area contributed by atoms with Crippen molar-refractivity contribution >= 4 is 11.8 Å². The van der Waals surface area contributed by atoms with Gasteiger partial charge in [0, 0.05) is 5.69 Å². The Hall–Kier alpha value is -1.62. The van der Waals surface area contributed by atoms with Crippen molar-refractivity contribution in [3.63, 3.8) is 0 Å². The molecular formula is C12H18N2O3. The molecule has 0 amide bonds. The summed E-state index contributed by atoms with van der Waals surface area (Å²) in [7, 11) is 0. The van der Waals surface area contributed by atoms with Gasteiger partial charge in [0.1, 0.15) is 5.82 Å². The van der Waals surface area contributed by atoms with Gasteiger partial charge in [-0.25, -0.2) is 9.78 Å². The zero-order valence-corrected chi connectivity index (χ0v) is 10.5. The molecule has 3 N–H and O–H groups in total. The lowest BCUT2D eigenvalue weighted by molar-refractivity contribution is 0.0647. The van der Waals surface area contributed by atoms with Gasteiger partial charge < -0.3 is 15.5 Å². The van der Waals surface area contributed by atoms with Crippen LogP contribution in [0.25, 0.3) is 0 Å². The van der Waals surface area contributed by atoms with Crippen LogP contribution in [0.2, 0.25) is 0 Å². The molecule has 1 heterocycles. The Morgan fingerprint density at radius 1 is 1.47 bits per heavy atom. The largest absolute Gasteiger partial charge is 0.478 e. The summed E-state index contributed by atoms with van der Waals surface area (Å²) >= 11 is 0. The van der Waals surface area contributed by atoms with E-state index in [0.717, 1.165) is 0 Å². The predicted molar refractivity (Wildman–Crippen MR) is 65.3 cm³/mol. The summed E-state index contributed by atoms with van der Waals surface area (Å²) in [6.07, 6.45) is 0. The van der Waals surface area contributed by atoms with Crippen molar-refractivity contribution in [3.8, 4) is 0 Å². The third-order valence-electron chi connectivity index (χ3n) is 2.62. The first kappa shape index (κ1) is 13.4. The van der Waals surface area contributed by atoms with Gasteiger partial charge in [0.05, 0.1) is 17.2 Å². The summed E-state index contributed by atoms with van der Waals surface area (Å²) in [4.78, 5) is 15.1. The van der Waals surface area contributed by atoms with Crippen LogP contribution in [0.4, 0.5) is 5.82 Å². The minimum absolute atomic E-state index is 0.183. The van der Waals surface area contributed by atoms with Crippen molar-refractivity contribution in [1.82, 2.24) is 4.98 Å². The normalized spacial score (nSPS) is 13.2. The standard InChI is InChI=1S/C12H18N2O3/c1-7-5-9(11(15)16)6-10(13-7)14-8(2)12(3,4)17/h5-6,8,17H,1-4H3,(H,13,14)(H,15,16). The van der Waals surface area contributed by atoms with Crippen LogP contribution in [0.5, 0.6) is 0 Å². The highest BCUT2D eigenvalue weighted by Gasteiger charge is 2.22. The van der Waals surface area contributed by atoms with E-state index in [-0.39, 0.29) is 11.6 Å². The molecular weight excluding hydrogens is 220 g/mol. The van der Waals surface area contributed by atoms with Crippen LogP contribution in [-0.2, 0) is 0 Å². The Kier molecular flexibility index (Phi) is 3.72. The number of pyridine rings is 1. The summed E-state index contributed by atoms with van der Waals surface area (Å²) < 4.78 is 0. The molecule has 0 aliphatic carbocycles. The molecule has 1 aromatic rings. The zero-order chi connectivity index (χ0) is 13.2. The van der Waals surface area contributed by atoms with E-state index in [1.54, 1.807) is 20.8 Å². The molecule has 0 saturated carbocycles. The molecule has 0 saturated heterocycles. The summed E-state index contributed by atoms with van der Waals surface area (Å²) in [5, 5.41) is 21.7. The van der Waals surface area contributed by atoms with Crippen molar-refractivity contribution < 1.29 is 15.0 Å². The second kappa shape index (κ2) is 4.71. The summed E-state index contributed by atoms with van der Waals surface area (Å²) in [6, 6.07) is 2.72. The Bertz CT molecular complexity index is 424. The van der Waals surface area contributed by atoms with Crippen LogP contribution in [0.1, 0.15) is 36.8 Å². The molecule has 0 spiro atoms. The third kappa shape index (κ3) is 3.71. The second-order valence-corrected chi connectivity index (χ2v) is 4.71. The quantitative estimate of drug-likeness (QED) is 0.743. The molecule has 1 atom stereocenters. The highest BCUT2D eigenvalue weighted by Crippen LogP contribution is 2.16. The van der Waals surface area contributed by atoms with Crippen LogP contribution in [0.15, 0.2) is 12.1 Å². The molecule has 5 nitrogen and oxygen atoms in total. The summed E-state index contributed by atoms with van der Waals surface area (Å²) in [6.45, 7) is 6.90. The lowest BCUT2D eigenvalue weighted by atomic mass is 10.0. The average molecular weight is 238 g/mol. The van der Waals surface area contributed by atoms with Crippen molar-refractivity contribution in [2.75, 3.05) is 5.32 Å². The highest BCUT2D eigenvalue weighted by atomic mass is 16.4. The smallest absolute Gasteiger partial charge is 0.335 e. The third-order valence-corrected chi connectivity index (χ3v) is 2.62. The van der Waals surface area contributed by atoms with Gasteiger partial charge in [-0.2, -0.15) is 0 Å². The molecule has 17 heavy (non-hydrogen) atoms. The highest BCUT2D eigenvalue weighted by molar-refractivity contribution is 5.88. The van der Waals surface area contributed by atoms with Crippen LogP contribution in [0, 0.1) is 6.92 Å². The van der Waals surface area contributed by atoms with Crippen LogP contribution < -0.4 is 5.32 Å². The molecule has 0 fully saturated rings. The Labute approximate surface area is 101 Å². The van der Waals surface area contributed by atoms with Gasteiger partial charge in [-0.05, 0) is 39.8 Å². The van der Waals surface area contributed by atoms with E-state index in [2.05, 4.69) is 10.3 Å². The molecule has 0 aliphatic rings. The van der Waals surface area contributed by atoms with Crippen LogP contribution in [-0.4, -0.2) is 32.8 Å². The number of nitrogens with one attached hydrogen (secondary N) is 1. The molecule has 0 radical (unpaired) electrons. The zero-order valence-electron chi connectivity index (χ0n) is 10.5. The first-order valence-corrected chi connectivity index (χ1v) is 5.41. The number of aliphatic hydroxyl groups is 1. The van der Waals surface area contributed by atoms with Crippen LogP contribution >= 0.6 is 0 Å². The number of carbonyl (C=O) groups is 1. The van der Waals surface area contributed by atoms with Gasteiger partial charge in [-0.1, -0.05) is 0 Å². The van der Waals surface area contributed by atoms with E-state index >= 15 is 0 Å². The van der Waals surface area contributed by atoms with Crippen molar-refractivity contribution in [3.05, 3.63) is 23.4 Å². The van der Waals surface area contributed by atoms with Gasteiger partial charge in [-0.15, -0.1) is 0 Å². The number of carboxylic acid groups (broad SMARTS) is 1. The number of hydrogen-bond acceptors (Lipinski definition) is 4. The van der Waals surface area contributed by atoms with Crippen molar-refractivity contribution in [2.24, 2.45) is 0 Å². The fourth-order valence-corrected chi connectivity index (χ4v) is 1.26. The monoisotopic (exact) mass is 238 g/mol. The SMILES string of the molecule is Cc1cc(C(=O)O)cc(NC(C)C(C)(C)O)n1. The van der Waals surface area contributed by atoms with E-state index in [1.165, 1.54) is 12.1 Å². The predicted octanol–water partition coefficient (Wildman–Crippen LogP) is 1.66. The number of aromatic carboxylic acids is 1. The molecule has 0 aliphatic heterocycles. The first-order chi connectivity index (χ1) is 7.70. The maximum absolute atomic E-state index is 10.9. The fraction of sp³-hybridized carbons (Fsp3) is 0.500. The Balaban J connectivity index is 2.96. The molecule has 1 aromatic heterocycles. The number of rotatable bonds is 4. The van der Waals surface area contributed by atoms with Gasteiger partial charge in [-0.3, -0.25) is 0 Å². The number of carboxylic acids is 1. The molecule has 1 unspecified atom stereocenters. The van der Waals surface area contributed by atoms with E-state index < -0.39 is 11.6 Å². The number of hydrogen-bond donors (Lipinski definition) is 3. The van der Waals surface area contributed by atoms with E-state index in [9.17, 15) is 9.90 Å². The van der Waals surface area contributed by atoms with Gasteiger partial charge in [0.2, 0.25) is 0 Å². The van der Waals surface area contributed by atoms with Gasteiger partial charge in [0.25, 0.3) is 0 Å². The van der Waals surface area contributed by atoms with E-state index in [4.69, 9.17) is 5.11 Å². The molecule has 1 rings (SSSR count). The first-order valence-electron chi connectivity index (χ1n) is 5.41. The second-order valence-electron chi connectivity index (χ2n) is 4.71. The maximum atomic E-state index is 10.9.